The lowest BCUT2D eigenvalue weighted by Crippen LogP contribution is -2.10. The van der Waals surface area contributed by atoms with E-state index in [-0.39, 0.29) is 0 Å². The Bertz CT molecular complexity index is 698. The molecule has 1 unspecified atom stereocenters. The lowest BCUT2D eigenvalue weighted by molar-refractivity contribution is -0.138. The van der Waals surface area contributed by atoms with E-state index in [1.165, 1.54) is 5.56 Å². The van der Waals surface area contributed by atoms with E-state index < -0.39 is 11.9 Å². The second-order valence-electron chi connectivity index (χ2n) is 5.44. The maximum atomic E-state index is 11.3. The Kier molecular flexibility index (Phi) is 4.27. The minimum absolute atomic E-state index is 0.552. The number of aliphatic carboxylic acids is 1. The minimum atomic E-state index is -0.823. The van der Waals surface area contributed by atoms with E-state index in [9.17, 15) is 9.90 Å². The summed E-state index contributed by atoms with van der Waals surface area (Å²) in [5.41, 5.74) is 5.99. The Morgan fingerprint density at radius 2 is 1.76 bits per heavy atom. The number of hydrogen-bond donors (Lipinski definition) is 1. The number of rotatable bonds is 4. The highest BCUT2D eigenvalue weighted by molar-refractivity contribution is 5.85. The van der Waals surface area contributed by atoms with Crippen LogP contribution in [0, 0.1) is 13.8 Å². The third kappa shape index (κ3) is 3.05. The highest BCUT2D eigenvalue weighted by atomic mass is 16.4. The van der Waals surface area contributed by atoms with Crippen molar-refractivity contribution in [1.29, 1.82) is 0 Å². The first kappa shape index (κ1) is 15.0. The zero-order chi connectivity index (χ0) is 15.6. The molecule has 0 spiro atoms. The topological polar surface area (TPSA) is 37.3 Å². The standard InChI is InChI=1S/C19H20O2/c1-12-9-10-16(13(2)11-12)14(3)17-7-5-6-8-18(17)15(4)19(20)21/h5-11,15H,3H2,1-2,4H3,(H,20,21). The molecule has 21 heavy (non-hydrogen) atoms. The number of benzene rings is 2. The van der Waals surface area contributed by atoms with E-state index in [1.807, 2.05) is 24.3 Å². The molecule has 0 bridgehead atoms. The van der Waals surface area contributed by atoms with E-state index in [4.69, 9.17) is 0 Å². The number of hydrogen-bond acceptors (Lipinski definition) is 1. The van der Waals surface area contributed by atoms with Crippen molar-refractivity contribution < 1.29 is 9.90 Å². The largest absolute Gasteiger partial charge is 0.481 e. The molecule has 0 saturated heterocycles. The molecule has 2 aromatic rings. The predicted octanol–water partition coefficient (Wildman–Crippen LogP) is 4.55. The third-order valence-electron chi connectivity index (χ3n) is 3.83. The van der Waals surface area contributed by atoms with Crippen molar-refractivity contribution in [3.05, 3.63) is 76.9 Å². The fourth-order valence-corrected chi connectivity index (χ4v) is 2.58. The zero-order valence-corrected chi connectivity index (χ0v) is 12.7. The molecule has 0 aromatic heterocycles. The highest BCUT2D eigenvalue weighted by Gasteiger charge is 2.19. The summed E-state index contributed by atoms with van der Waals surface area (Å²) >= 11 is 0. The zero-order valence-electron chi connectivity index (χ0n) is 12.7. The maximum Gasteiger partial charge on any atom is 0.310 e. The van der Waals surface area contributed by atoms with Gasteiger partial charge in [-0.3, -0.25) is 4.79 Å². The van der Waals surface area contributed by atoms with Gasteiger partial charge in [-0.25, -0.2) is 0 Å². The molecule has 1 N–H and O–H groups in total. The number of carboxylic acid groups (broad SMARTS) is 1. The summed E-state index contributed by atoms with van der Waals surface area (Å²) in [6.45, 7) is 10.0. The molecule has 0 saturated carbocycles. The summed E-state index contributed by atoms with van der Waals surface area (Å²) in [7, 11) is 0. The smallest absolute Gasteiger partial charge is 0.310 e. The SMILES string of the molecule is C=C(c1ccc(C)cc1C)c1ccccc1C(C)C(=O)O. The molecule has 0 radical (unpaired) electrons. The van der Waals surface area contributed by atoms with E-state index in [0.29, 0.717) is 0 Å². The van der Waals surface area contributed by atoms with Gasteiger partial charge in [0.1, 0.15) is 0 Å². The van der Waals surface area contributed by atoms with Gasteiger partial charge in [0.2, 0.25) is 0 Å². The molecule has 0 aliphatic heterocycles. The van der Waals surface area contributed by atoms with Crippen LogP contribution in [0.1, 0.15) is 40.7 Å². The fourth-order valence-electron chi connectivity index (χ4n) is 2.58. The molecule has 2 heteroatoms. The van der Waals surface area contributed by atoms with E-state index in [2.05, 4.69) is 38.6 Å². The van der Waals surface area contributed by atoms with E-state index >= 15 is 0 Å². The van der Waals surface area contributed by atoms with Gasteiger partial charge in [-0.1, -0.05) is 54.6 Å². The lowest BCUT2D eigenvalue weighted by atomic mass is 9.87. The number of carboxylic acids is 1. The van der Waals surface area contributed by atoms with Crippen molar-refractivity contribution in [1.82, 2.24) is 0 Å². The van der Waals surface area contributed by atoms with Gasteiger partial charge < -0.3 is 5.11 Å². The molecule has 0 heterocycles. The van der Waals surface area contributed by atoms with Crippen LogP contribution in [-0.2, 0) is 4.79 Å². The van der Waals surface area contributed by atoms with Crippen molar-refractivity contribution in [2.75, 3.05) is 0 Å². The molecule has 2 rings (SSSR count). The first-order valence-corrected chi connectivity index (χ1v) is 7.00. The van der Waals surface area contributed by atoms with Crippen molar-refractivity contribution in [2.24, 2.45) is 0 Å². The molecular formula is C19H20O2. The Morgan fingerprint density at radius 1 is 1.10 bits per heavy atom. The Labute approximate surface area is 125 Å². The number of carbonyl (C=O) groups is 1. The monoisotopic (exact) mass is 280 g/mol. The van der Waals surface area contributed by atoms with Crippen molar-refractivity contribution in [3.8, 4) is 0 Å². The molecule has 0 aliphatic rings. The third-order valence-corrected chi connectivity index (χ3v) is 3.83. The van der Waals surface area contributed by atoms with Crippen LogP contribution in [0.2, 0.25) is 0 Å². The first-order valence-electron chi connectivity index (χ1n) is 7.00. The minimum Gasteiger partial charge on any atom is -0.481 e. The van der Waals surface area contributed by atoms with E-state index in [0.717, 1.165) is 27.8 Å². The van der Waals surface area contributed by atoms with Crippen molar-refractivity contribution in [3.63, 3.8) is 0 Å². The van der Waals surface area contributed by atoms with Crippen LogP contribution in [0.25, 0.3) is 5.57 Å². The lowest BCUT2D eigenvalue weighted by Gasteiger charge is -2.17. The predicted molar refractivity (Wildman–Crippen MR) is 86.5 cm³/mol. The average molecular weight is 280 g/mol. The maximum absolute atomic E-state index is 11.3. The van der Waals surface area contributed by atoms with Crippen LogP contribution >= 0.6 is 0 Å². The van der Waals surface area contributed by atoms with E-state index in [1.54, 1.807) is 6.92 Å². The molecule has 2 nitrogen and oxygen atoms in total. The Hall–Kier alpha value is -2.35. The van der Waals surface area contributed by atoms with Crippen LogP contribution in [-0.4, -0.2) is 11.1 Å². The molecule has 108 valence electrons. The highest BCUT2D eigenvalue weighted by Crippen LogP contribution is 2.31. The average Bonchev–Trinajstić information content (AvgIpc) is 2.45. The van der Waals surface area contributed by atoms with Gasteiger partial charge in [0.15, 0.2) is 0 Å². The second-order valence-corrected chi connectivity index (χ2v) is 5.44. The quantitative estimate of drug-likeness (QED) is 0.891. The summed E-state index contributed by atoms with van der Waals surface area (Å²) in [6, 6.07) is 13.8. The van der Waals surface area contributed by atoms with Crippen LogP contribution in [0.3, 0.4) is 0 Å². The molecule has 1 atom stereocenters. The molecule has 0 amide bonds. The van der Waals surface area contributed by atoms with Crippen molar-refractivity contribution >= 4 is 11.5 Å². The fraction of sp³-hybridized carbons (Fsp3) is 0.211. The van der Waals surface area contributed by atoms with Gasteiger partial charge in [-0.05, 0) is 48.6 Å². The molecule has 0 aliphatic carbocycles. The van der Waals surface area contributed by atoms with Gasteiger partial charge in [0.05, 0.1) is 5.92 Å². The number of aryl methyl sites for hydroxylation is 2. The second kappa shape index (κ2) is 5.96. The summed E-state index contributed by atoms with van der Waals surface area (Å²) in [4.78, 5) is 11.3. The van der Waals surface area contributed by atoms with Crippen LogP contribution in [0.15, 0.2) is 49.0 Å². The Morgan fingerprint density at radius 3 is 2.38 bits per heavy atom. The first-order chi connectivity index (χ1) is 9.91. The van der Waals surface area contributed by atoms with Gasteiger partial charge in [-0.2, -0.15) is 0 Å². The Balaban J connectivity index is 2.51. The molecule has 2 aromatic carbocycles. The van der Waals surface area contributed by atoms with Crippen LogP contribution in [0.4, 0.5) is 0 Å². The van der Waals surface area contributed by atoms with Crippen molar-refractivity contribution in [2.45, 2.75) is 26.7 Å². The summed E-state index contributed by atoms with van der Waals surface area (Å²) in [6.07, 6.45) is 0. The molecular weight excluding hydrogens is 260 g/mol. The summed E-state index contributed by atoms with van der Waals surface area (Å²) in [5, 5.41) is 9.27. The van der Waals surface area contributed by atoms with Crippen LogP contribution in [0.5, 0.6) is 0 Å². The summed E-state index contributed by atoms with van der Waals surface area (Å²) in [5.74, 6) is -1.38. The normalized spacial score (nSPS) is 12.0. The van der Waals surface area contributed by atoms with Gasteiger partial charge in [0, 0.05) is 0 Å². The van der Waals surface area contributed by atoms with Gasteiger partial charge >= 0.3 is 5.97 Å². The van der Waals surface area contributed by atoms with Crippen LogP contribution < -0.4 is 0 Å². The van der Waals surface area contributed by atoms with Gasteiger partial charge in [-0.15, -0.1) is 0 Å². The summed E-state index contributed by atoms with van der Waals surface area (Å²) < 4.78 is 0. The van der Waals surface area contributed by atoms with Gasteiger partial charge in [0.25, 0.3) is 0 Å². The molecule has 0 fully saturated rings.